The lowest BCUT2D eigenvalue weighted by Crippen LogP contribution is -2.38. The van der Waals surface area contributed by atoms with Crippen LogP contribution < -0.4 is 11.1 Å². The summed E-state index contributed by atoms with van der Waals surface area (Å²) in [6.07, 6.45) is -0.649. The van der Waals surface area contributed by atoms with Gasteiger partial charge >= 0.3 is 6.09 Å². The molecule has 0 spiro atoms. The van der Waals surface area contributed by atoms with Crippen LogP contribution in [0.15, 0.2) is 24.3 Å². The predicted molar refractivity (Wildman–Crippen MR) is 59.6 cm³/mol. The molecule has 0 aliphatic carbocycles. The molecule has 88 valence electrons. The van der Waals surface area contributed by atoms with Crippen molar-refractivity contribution in [2.24, 2.45) is 5.73 Å². The van der Waals surface area contributed by atoms with Gasteiger partial charge in [0.2, 0.25) is 0 Å². The highest BCUT2D eigenvalue weighted by molar-refractivity contribution is 5.84. The monoisotopic (exact) mass is 226 g/mol. The zero-order valence-corrected chi connectivity index (χ0v) is 9.29. The molecule has 0 unspecified atom stereocenters. The van der Waals surface area contributed by atoms with Gasteiger partial charge in [0.25, 0.3) is 0 Å². The molecule has 0 atom stereocenters. The van der Waals surface area contributed by atoms with Gasteiger partial charge < -0.3 is 10.5 Å². The first-order valence-corrected chi connectivity index (χ1v) is 4.85. The van der Waals surface area contributed by atoms with Crippen LogP contribution in [0, 0.1) is 5.82 Å². The fraction of sp³-hybridized carbons (Fsp3) is 0.364. The van der Waals surface area contributed by atoms with E-state index < -0.39 is 17.4 Å². The van der Waals surface area contributed by atoms with Gasteiger partial charge in [0.1, 0.15) is 12.4 Å². The summed E-state index contributed by atoms with van der Waals surface area (Å²) in [5, 5.41) is 2.40. The summed E-state index contributed by atoms with van der Waals surface area (Å²) in [6.45, 7) is 3.57. The molecule has 0 saturated heterocycles. The number of rotatable bonds is 3. The van der Waals surface area contributed by atoms with Gasteiger partial charge in [0, 0.05) is 11.2 Å². The Morgan fingerprint density at radius 2 is 2.25 bits per heavy atom. The second kappa shape index (κ2) is 4.94. The maximum absolute atomic E-state index is 12.8. The number of nitrogens with one attached hydrogen (secondary N) is 1. The summed E-state index contributed by atoms with van der Waals surface area (Å²) in [6, 6.07) is 5.56. The zero-order valence-electron chi connectivity index (χ0n) is 9.29. The molecule has 0 fully saturated rings. The van der Waals surface area contributed by atoms with Crippen LogP contribution >= 0.6 is 0 Å². The smallest absolute Gasteiger partial charge is 0.411 e. The van der Waals surface area contributed by atoms with Crippen LogP contribution in [-0.4, -0.2) is 18.2 Å². The minimum atomic E-state index is -0.649. The van der Waals surface area contributed by atoms with E-state index in [9.17, 15) is 9.18 Å². The molecular formula is C11H15FN2O2. The highest BCUT2D eigenvalue weighted by Gasteiger charge is 2.14. The van der Waals surface area contributed by atoms with Crippen molar-refractivity contribution in [3.05, 3.63) is 30.1 Å². The topological polar surface area (TPSA) is 64.3 Å². The fourth-order valence-corrected chi connectivity index (χ4v) is 0.972. The number of carbonyl (C=O) groups is 1. The van der Waals surface area contributed by atoms with Crippen LogP contribution in [0.25, 0.3) is 0 Å². The van der Waals surface area contributed by atoms with E-state index >= 15 is 0 Å². The Hall–Kier alpha value is -1.62. The molecule has 4 nitrogen and oxygen atoms in total. The normalized spacial score (nSPS) is 11.0. The van der Waals surface area contributed by atoms with Crippen molar-refractivity contribution in [3.63, 3.8) is 0 Å². The maximum Gasteiger partial charge on any atom is 0.411 e. The van der Waals surface area contributed by atoms with Gasteiger partial charge in [0.15, 0.2) is 0 Å². The van der Waals surface area contributed by atoms with Crippen molar-refractivity contribution < 1.29 is 13.9 Å². The van der Waals surface area contributed by atoms with Gasteiger partial charge in [-0.15, -0.1) is 0 Å². The molecule has 1 aromatic carbocycles. The number of carbonyl (C=O) groups excluding carboxylic acids is 1. The van der Waals surface area contributed by atoms with Crippen LogP contribution in [0.4, 0.5) is 14.9 Å². The van der Waals surface area contributed by atoms with Crippen LogP contribution in [0.3, 0.4) is 0 Å². The van der Waals surface area contributed by atoms with E-state index in [0.29, 0.717) is 5.69 Å². The lowest BCUT2D eigenvalue weighted by atomic mass is 10.1. The first kappa shape index (κ1) is 12.4. The van der Waals surface area contributed by atoms with Crippen molar-refractivity contribution in [3.8, 4) is 0 Å². The fourth-order valence-electron chi connectivity index (χ4n) is 0.972. The molecule has 3 N–H and O–H groups in total. The van der Waals surface area contributed by atoms with Gasteiger partial charge in [-0.2, -0.15) is 0 Å². The second-order valence-corrected chi connectivity index (χ2v) is 4.20. The Labute approximate surface area is 93.6 Å². The molecular weight excluding hydrogens is 211 g/mol. The van der Waals surface area contributed by atoms with E-state index in [-0.39, 0.29) is 6.61 Å². The predicted octanol–water partition coefficient (Wildman–Crippen LogP) is 2.11. The number of hydrogen-bond acceptors (Lipinski definition) is 3. The summed E-state index contributed by atoms with van der Waals surface area (Å²) >= 11 is 0. The van der Waals surface area contributed by atoms with E-state index in [4.69, 9.17) is 10.5 Å². The summed E-state index contributed by atoms with van der Waals surface area (Å²) in [5.74, 6) is -0.419. The average Bonchev–Trinajstić information content (AvgIpc) is 2.14. The first-order valence-electron chi connectivity index (χ1n) is 4.85. The van der Waals surface area contributed by atoms with E-state index in [2.05, 4.69) is 5.32 Å². The Balaban J connectivity index is 2.46. The summed E-state index contributed by atoms with van der Waals surface area (Å²) in [5.41, 5.74) is 5.40. The molecule has 1 aromatic rings. The third-order valence-corrected chi connectivity index (χ3v) is 1.65. The van der Waals surface area contributed by atoms with Gasteiger partial charge in [0.05, 0.1) is 0 Å². The van der Waals surface area contributed by atoms with Crippen LogP contribution in [0.2, 0.25) is 0 Å². The molecule has 1 rings (SSSR count). The SMILES string of the molecule is CC(C)(N)COC(=O)Nc1cccc(F)c1. The molecule has 0 aliphatic heterocycles. The molecule has 0 saturated carbocycles. The van der Waals surface area contributed by atoms with Gasteiger partial charge in [-0.3, -0.25) is 5.32 Å². The van der Waals surface area contributed by atoms with Crippen LogP contribution in [0.5, 0.6) is 0 Å². The van der Waals surface area contributed by atoms with Gasteiger partial charge in [-0.25, -0.2) is 9.18 Å². The quantitative estimate of drug-likeness (QED) is 0.829. The Morgan fingerprint density at radius 3 is 2.81 bits per heavy atom. The molecule has 0 bridgehead atoms. The molecule has 0 aromatic heterocycles. The standard InChI is InChI=1S/C11H15FN2O2/c1-11(2,13)7-16-10(15)14-9-5-3-4-8(12)6-9/h3-6H,7,13H2,1-2H3,(H,14,15). The van der Waals surface area contributed by atoms with Crippen LogP contribution in [0.1, 0.15) is 13.8 Å². The number of halogens is 1. The molecule has 0 radical (unpaired) electrons. The van der Waals surface area contributed by atoms with Crippen molar-refractivity contribution in [2.75, 3.05) is 11.9 Å². The Morgan fingerprint density at radius 1 is 1.56 bits per heavy atom. The number of nitrogens with two attached hydrogens (primary N) is 1. The lowest BCUT2D eigenvalue weighted by molar-refractivity contribution is 0.138. The number of anilines is 1. The van der Waals surface area contributed by atoms with Gasteiger partial charge in [-0.05, 0) is 32.0 Å². The second-order valence-electron chi connectivity index (χ2n) is 4.20. The molecule has 16 heavy (non-hydrogen) atoms. The van der Waals surface area contributed by atoms with Crippen molar-refractivity contribution >= 4 is 11.8 Å². The first-order chi connectivity index (χ1) is 7.37. The minimum absolute atomic E-state index is 0.0914. The van der Waals surface area contributed by atoms with E-state index in [1.54, 1.807) is 19.9 Å². The number of hydrogen-bond donors (Lipinski definition) is 2. The zero-order chi connectivity index (χ0) is 12.2. The maximum atomic E-state index is 12.8. The van der Waals surface area contributed by atoms with Crippen LogP contribution in [-0.2, 0) is 4.74 Å². The molecule has 1 amide bonds. The Bertz CT molecular complexity index is 374. The number of ether oxygens (including phenoxy) is 1. The molecule has 5 heteroatoms. The van der Waals surface area contributed by atoms with E-state index in [1.165, 1.54) is 18.2 Å². The summed E-state index contributed by atoms with van der Waals surface area (Å²) in [7, 11) is 0. The molecule has 0 heterocycles. The average molecular weight is 226 g/mol. The molecule has 0 aliphatic rings. The van der Waals surface area contributed by atoms with Gasteiger partial charge in [-0.1, -0.05) is 6.07 Å². The third kappa shape index (κ3) is 4.75. The number of benzene rings is 1. The third-order valence-electron chi connectivity index (χ3n) is 1.65. The lowest BCUT2D eigenvalue weighted by Gasteiger charge is -2.18. The van der Waals surface area contributed by atoms with Crippen molar-refractivity contribution in [1.29, 1.82) is 0 Å². The van der Waals surface area contributed by atoms with Crippen molar-refractivity contribution in [2.45, 2.75) is 19.4 Å². The summed E-state index contributed by atoms with van der Waals surface area (Å²) < 4.78 is 17.6. The summed E-state index contributed by atoms with van der Waals surface area (Å²) in [4.78, 5) is 11.3. The van der Waals surface area contributed by atoms with Crippen molar-refractivity contribution in [1.82, 2.24) is 0 Å². The van der Waals surface area contributed by atoms with E-state index in [0.717, 1.165) is 0 Å². The minimum Gasteiger partial charge on any atom is -0.447 e. The number of amides is 1. The highest BCUT2D eigenvalue weighted by Crippen LogP contribution is 2.09. The largest absolute Gasteiger partial charge is 0.447 e. The van der Waals surface area contributed by atoms with E-state index in [1.807, 2.05) is 0 Å². The highest BCUT2D eigenvalue weighted by atomic mass is 19.1. The Kier molecular flexibility index (Phi) is 3.84.